The van der Waals surface area contributed by atoms with Gasteiger partial charge >= 0.3 is 0 Å². The van der Waals surface area contributed by atoms with Crippen molar-refractivity contribution in [2.45, 2.75) is 13.8 Å². The molecule has 0 saturated carbocycles. The van der Waals surface area contributed by atoms with E-state index in [9.17, 15) is 10.1 Å². The van der Waals surface area contributed by atoms with Gasteiger partial charge in [-0.2, -0.15) is 5.26 Å². The molecule has 158 valence electrons. The van der Waals surface area contributed by atoms with E-state index < -0.39 is 0 Å². The zero-order chi connectivity index (χ0) is 21.8. The maximum atomic E-state index is 13.5. The van der Waals surface area contributed by atoms with E-state index in [0.29, 0.717) is 44.0 Å². The van der Waals surface area contributed by atoms with Crippen LogP contribution in [0.4, 0.5) is 5.69 Å². The number of hydrogen-bond donors (Lipinski definition) is 0. The minimum absolute atomic E-state index is 0.109. The molecule has 0 spiro atoms. The number of carbonyl (C=O) groups excluding carboxylic acids is 1. The Kier molecular flexibility index (Phi) is 5.94. The molecule has 0 bridgehead atoms. The van der Waals surface area contributed by atoms with E-state index in [-0.39, 0.29) is 5.91 Å². The molecular formula is C25H26N4O2. The number of rotatable bonds is 5. The zero-order valence-corrected chi connectivity index (χ0v) is 17.9. The first-order chi connectivity index (χ1) is 15.1. The lowest BCUT2D eigenvalue weighted by Crippen LogP contribution is -2.49. The summed E-state index contributed by atoms with van der Waals surface area (Å²) in [6.07, 6.45) is 1.81. The van der Waals surface area contributed by atoms with Gasteiger partial charge in [0.25, 0.3) is 5.91 Å². The summed E-state index contributed by atoms with van der Waals surface area (Å²) in [7, 11) is 0. The second kappa shape index (κ2) is 8.97. The van der Waals surface area contributed by atoms with Gasteiger partial charge in [-0.1, -0.05) is 30.3 Å². The number of piperazine rings is 1. The third kappa shape index (κ3) is 3.99. The largest absolute Gasteiger partial charge is 0.492 e. The fourth-order valence-corrected chi connectivity index (χ4v) is 4.07. The maximum Gasteiger partial charge on any atom is 0.272 e. The Hall–Kier alpha value is -3.72. The van der Waals surface area contributed by atoms with Crippen molar-refractivity contribution >= 4 is 11.6 Å². The fraction of sp³-hybridized carbons (Fsp3) is 0.280. The molecule has 4 rings (SSSR count). The van der Waals surface area contributed by atoms with Crippen LogP contribution >= 0.6 is 0 Å². The molecule has 3 aromatic rings. The lowest BCUT2D eigenvalue weighted by molar-refractivity contribution is 0.0738. The molecule has 1 aliphatic heterocycles. The van der Waals surface area contributed by atoms with E-state index in [0.717, 1.165) is 22.7 Å². The van der Waals surface area contributed by atoms with Gasteiger partial charge in [-0.15, -0.1) is 0 Å². The van der Waals surface area contributed by atoms with Crippen LogP contribution in [0, 0.1) is 18.3 Å². The van der Waals surface area contributed by atoms with E-state index in [4.69, 9.17) is 4.74 Å². The minimum atomic E-state index is -0.109. The van der Waals surface area contributed by atoms with Crippen LogP contribution in [0.3, 0.4) is 0 Å². The highest BCUT2D eigenvalue weighted by atomic mass is 16.5. The molecule has 0 aliphatic carbocycles. The van der Waals surface area contributed by atoms with Crippen molar-refractivity contribution in [2.24, 2.45) is 0 Å². The normalized spacial score (nSPS) is 13.7. The number of amides is 1. The second-order valence-electron chi connectivity index (χ2n) is 7.53. The maximum absolute atomic E-state index is 13.5. The average Bonchev–Trinajstić information content (AvgIpc) is 3.23. The van der Waals surface area contributed by atoms with Gasteiger partial charge < -0.3 is 19.1 Å². The Morgan fingerprint density at radius 1 is 1.00 bits per heavy atom. The summed E-state index contributed by atoms with van der Waals surface area (Å²) >= 11 is 0. The van der Waals surface area contributed by atoms with Crippen LogP contribution in [0.5, 0.6) is 5.75 Å². The van der Waals surface area contributed by atoms with E-state index in [1.807, 2.05) is 72.0 Å². The number of anilines is 1. The first-order valence-corrected chi connectivity index (χ1v) is 10.6. The van der Waals surface area contributed by atoms with E-state index in [1.54, 1.807) is 6.07 Å². The molecule has 1 aromatic heterocycles. The summed E-state index contributed by atoms with van der Waals surface area (Å²) in [4.78, 5) is 17.6. The number of nitrogens with zero attached hydrogens (tertiary/aromatic N) is 4. The molecule has 0 unspecified atom stereocenters. The number of para-hydroxylation sites is 3. The summed E-state index contributed by atoms with van der Waals surface area (Å²) in [6.45, 7) is 7.19. The molecule has 1 amide bonds. The number of ether oxygens (including phenoxy) is 1. The number of aromatic nitrogens is 1. The van der Waals surface area contributed by atoms with E-state index >= 15 is 0 Å². The number of nitriles is 1. The van der Waals surface area contributed by atoms with Gasteiger partial charge in [0.2, 0.25) is 0 Å². The average molecular weight is 415 g/mol. The summed E-state index contributed by atoms with van der Waals surface area (Å²) in [6, 6.07) is 19.8. The molecule has 1 aliphatic rings. The first kappa shape index (κ1) is 20.5. The van der Waals surface area contributed by atoms with Crippen molar-refractivity contribution in [3.63, 3.8) is 0 Å². The number of benzene rings is 2. The molecule has 2 heterocycles. The van der Waals surface area contributed by atoms with Gasteiger partial charge in [-0.25, -0.2) is 0 Å². The molecule has 2 aromatic carbocycles. The van der Waals surface area contributed by atoms with Gasteiger partial charge in [0, 0.05) is 38.1 Å². The quantitative estimate of drug-likeness (QED) is 0.633. The third-order valence-corrected chi connectivity index (χ3v) is 5.66. The fourth-order valence-electron chi connectivity index (χ4n) is 4.07. The van der Waals surface area contributed by atoms with Crippen molar-refractivity contribution in [1.29, 1.82) is 5.26 Å². The molecular weight excluding hydrogens is 388 g/mol. The summed E-state index contributed by atoms with van der Waals surface area (Å²) in [5.74, 6) is 0.757. The number of hydrogen-bond acceptors (Lipinski definition) is 4. The Balaban J connectivity index is 1.56. The van der Waals surface area contributed by atoms with Gasteiger partial charge in [0.15, 0.2) is 0 Å². The van der Waals surface area contributed by atoms with Crippen molar-refractivity contribution < 1.29 is 9.53 Å². The second-order valence-corrected chi connectivity index (χ2v) is 7.53. The highest BCUT2D eigenvalue weighted by molar-refractivity contribution is 5.96. The molecule has 6 heteroatoms. The highest BCUT2D eigenvalue weighted by Crippen LogP contribution is 2.29. The highest BCUT2D eigenvalue weighted by Gasteiger charge is 2.28. The Morgan fingerprint density at radius 2 is 1.68 bits per heavy atom. The summed E-state index contributed by atoms with van der Waals surface area (Å²) < 4.78 is 7.61. The topological polar surface area (TPSA) is 61.5 Å². The Labute approximate surface area is 182 Å². The van der Waals surface area contributed by atoms with E-state index in [1.165, 1.54) is 0 Å². The number of carbonyl (C=O) groups is 1. The van der Waals surface area contributed by atoms with Crippen LogP contribution in [0.1, 0.15) is 28.5 Å². The van der Waals surface area contributed by atoms with Crippen molar-refractivity contribution in [2.75, 3.05) is 37.7 Å². The summed E-state index contributed by atoms with van der Waals surface area (Å²) in [5.41, 5.74) is 3.85. The van der Waals surface area contributed by atoms with Crippen LogP contribution < -0.4 is 9.64 Å². The van der Waals surface area contributed by atoms with Gasteiger partial charge in [-0.05, 0) is 43.7 Å². The molecule has 0 atom stereocenters. The monoisotopic (exact) mass is 414 g/mol. The van der Waals surface area contributed by atoms with Gasteiger partial charge in [-0.3, -0.25) is 4.79 Å². The predicted molar refractivity (Wildman–Crippen MR) is 121 cm³/mol. The molecule has 1 saturated heterocycles. The zero-order valence-electron chi connectivity index (χ0n) is 17.9. The SMILES string of the molecule is CCOc1ccccc1N1CCN(C(=O)c2c(C#N)ccn2-c2ccccc2C)CC1. The van der Waals surface area contributed by atoms with Crippen molar-refractivity contribution in [1.82, 2.24) is 9.47 Å². The van der Waals surface area contributed by atoms with Crippen molar-refractivity contribution in [3.05, 3.63) is 77.6 Å². The summed E-state index contributed by atoms with van der Waals surface area (Å²) in [5, 5.41) is 9.61. The Bertz CT molecular complexity index is 1120. The smallest absolute Gasteiger partial charge is 0.272 e. The van der Waals surface area contributed by atoms with Crippen LogP contribution in [-0.2, 0) is 0 Å². The van der Waals surface area contributed by atoms with Gasteiger partial charge in [0.1, 0.15) is 17.5 Å². The van der Waals surface area contributed by atoms with Crippen LogP contribution in [-0.4, -0.2) is 48.2 Å². The lowest BCUT2D eigenvalue weighted by Gasteiger charge is -2.36. The predicted octanol–water partition coefficient (Wildman–Crippen LogP) is 4.02. The lowest BCUT2D eigenvalue weighted by atomic mass is 10.1. The van der Waals surface area contributed by atoms with Gasteiger partial charge in [0.05, 0.1) is 17.9 Å². The third-order valence-electron chi connectivity index (χ3n) is 5.66. The minimum Gasteiger partial charge on any atom is -0.492 e. The van der Waals surface area contributed by atoms with Crippen LogP contribution in [0.15, 0.2) is 60.8 Å². The standard InChI is InChI=1S/C25H26N4O2/c1-3-31-23-11-7-6-10-22(23)27-14-16-28(17-15-27)25(30)24-20(18-26)12-13-29(24)21-9-5-4-8-19(21)2/h4-13H,3,14-17H2,1-2H3. The molecule has 1 fully saturated rings. The van der Waals surface area contributed by atoms with Crippen LogP contribution in [0.25, 0.3) is 5.69 Å². The molecule has 0 N–H and O–H groups in total. The number of aryl methyl sites for hydroxylation is 1. The molecule has 31 heavy (non-hydrogen) atoms. The first-order valence-electron chi connectivity index (χ1n) is 10.6. The molecule has 6 nitrogen and oxygen atoms in total. The Morgan fingerprint density at radius 3 is 2.35 bits per heavy atom. The van der Waals surface area contributed by atoms with E-state index in [2.05, 4.69) is 17.0 Å². The molecule has 0 radical (unpaired) electrons. The van der Waals surface area contributed by atoms with Crippen molar-refractivity contribution in [3.8, 4) is 17.5 Å². The van der Waals surface area contributed by atoms with Crippen LogP contribution in [0.2, 0.25) is 0 Å².